The molecule has 39 heavy (non-hydrogen) atoms. The first-order valence-corrected chi connectivity index (χ1v) is 13.5. The van der Waals surface area contributed by atoms with Gasteiger partial charge in [0, 0.05) is 38.1 Å². The van der Waals surface area contributed by atoms with Crippen LogP contribution in [0.5, 0.6) is 5.75 Å². The minimum atomic E-state index is -1.14. The summed E-state index contributed by atoms with van der Waals surface area (Å²) in [5.41, 5.74) is 0.949. The molecule has 0 bridgehead atoms. The van der Waals surface area contributed by atoms with E-state index >= 15 is 0 Å². The van der Waals surface area contributed by atoms with Gasteiger partial charge < -0.3 is 25.6 Å². The Balaban J connectivity index is 1.57. The van der Waals surface area contributed by atoms with Crippen LogP contribution < -0.4 is 20.7 Å². The molecule has 4 amide bonds. The molecule has 1 aromatic heterocycles. The van der Waals surface area contributed by atoms with Crippen LogP contribution in [0.2, 0.25) is 0 Å². The zero-order valence-electron chi connectivity index (χ0n) is 22.4. The molecule has 0 radical (unpaired) electrons. The van der Waals surface area contributed by atoms with Crippen molar-refractivity contribution in [1.82, 2.24) is 30.8 Å². The van der Waals surface area contributed by atoms with E-state index in [1.54, 1.807) is 42.9 Å². The number of benzene rings is 1. The lowest BCUT2D eigenvalue weighted by molar-refractivity contribution is -0.140. The second-order valence-corrected chi connectivity index (χ2v) is 10.4. The highest BCUT2D eigenvalue weighted by Crippen LogP contribution is 2.22. The highest BCUT2D eigenvalue weighted by molar-refractivity contribution is 6.01. The Morgan fingerprint density at radius 3 is 2.77 bits per heavy atom. The molecule has 0 spiro atoms. The van der Waals surface area contributed by atoms with Crippen molar-refractivity contribution in [2.45, 2.75) is 64.1 Å². The third-order valence-electron chi connectivity index (χ3n) is 6.85. The molecule has 1 saturated heterocycles. The maximum atomic E-state index is 13.4. The number of nitrogens with one attached hydrogen (secondary N) is 3. The predicted molar refractivity (Wildman–Crippen MR) is 143 cm³/mol. The van der Waals surface area contributed by atoms with Gasteiger partial charge in [-0.1, -0.05) is 26.0 Å². The minimum Gasteiger partial charge on any atom is -0.491 e. The van der Waals surface area contributed by atoms with Gasteiger partial charge in [0.1, 0.15) is 24.4 Å². The molecule has 2 aliphatic rings. The maximum Gasteiger partial charge on any atom is 0.255 e. The summed E-state index contributed by atoms with van der Waals surface area (Å²) >= 11 is 0. The van der Waals surface area contributed by atoms with E-state index in [1.165, 1.54) is 4.90 Å². The molecule has 1 aromatic carbocycles. The number of hydrogen-bond donors (Lipinski definition) is 3. The standard InChI is InChI=1S/C28H36N6O5/c1-18(2)14-20-17-39-24-8-4-3-6-21(24)26(36)33-22(27(37)31-10-9-19-16-29-11-12-30-19)15-25(35)34-13-5-7-23(34)28(38)32-20/h3-4,6,8,11-12,16,18,20,22-23H,5,7,9-10,13-15,17H2,1-2H3,(H,31,37)(H,32,38)(H,33,36)/t20-,22+,23+/m1/s1. The Morgan fingerprint density at radius 2 is 2.00 bits per heavy atom. The molecule has 0 aliphatic carbocycles. The molecule has 2 aliphatic heterocycles. The molecule has 3 N–H and O–H groups in total. The highest BCUT2D eigenvalue weighted by Gasteiger charge is 2.37. The first-order valence-electron chi connectivity index (χ1n) is 13.5. The molecule has 208 valence electrons. The molecule has 1 fully saturated rings. The summed E-state index contributed by atoms with van der Waals surface area (Å²) in [5.74, 6) is -0.967. The monoisotopic (exact) mass is 536 g/mol. The van der Waals surface area contributed by atoms with E-state index in [1.807, 2.05) is 0 Å². The van der Waals surface area contributed by atoms with E-state index in [9.17, 15) is 19.2 Å². The average molecular weight is 537 g/mol. The highest BCUT2D eigenvalue weighted by atomic mass is 16.5. The molecule has 4 rings (SSSR count). The summed E-state index contributed by atoms with van der Waals surface area (Å²) in [5, 5.41) is 8.59. The Morgan fingerprint density at radius 1 is 1.18 bits per heavy atom. The molecule has 11 nitrogen and oxygen atoms in total. The van der Waals surface area contributed by atoms with Crippen molar-refractivity contribution in [2.24, 2.45) is 5.92 Å². The van der Waals surface area contributed by atoms with Gasteiger partial charge in [0.05, 0.1) is 23.7 Å². The minimum absolute atomic E-state index is 0.168. The fourth-order valence-electron chi connectivity index (χ4n) is 4.98. The average Bonchev–Trinajstić information content (AvgIpc) is 3.42. The van der Waals surface area contributed by atoms with Crippen LogP contribution in [0.3, 0.4) is 0 Å². The van der Waals surface area contributed by atoms with E-state index in [-0.39, 0.29) is 43.0 Å². The van der Waals surface area contributed by atoms with Gasteiger partial charge in [-0.15, -0.1) is 0 Å². The topological polar surface area (TPSA) is 143 Å². The molecule has 2 aromatic rings. The third kappa shape index (κ3) is 7.52. The fourth-order valence-corrected chi connectivity index (χ4v) is 4.98. The van der Waals surface area contributed by atoms with Gasteiger partial charge in [0.2, 0.25) is 17.7 Å². The van der Waals surface area contributed by atoms with E-state index in [0.717, 1.165) is 0 Å². The molecular weight excluding hydrogens is 500 g/mol. The number of nitrogens with zero attached hydrogens (tertiary/aromatic N) is 3. The van der Waals surface area contributed by atoms with Gasteiger partial charge in [-0.25, -0.2) is 0 Å². The lowest BCUT2D eigenvalue weighted by Crippen LogP contribution is -2.53. The second-order valence-electron chi connectivity index (χ2n) is 10.4. The number of carbonyl (C=O) groups is 4. The van der Waals surface area contributed by atoms with Crippen LogP contribution in [0.4, 0.5) is 0 Å². The van der Waals surface area contributed by atoms with Crippen LogP contribution in [-0.2, 0) is 20.8 Å². The van der Waals surface area contributed by atoms with E-state index in [0.29, 0.717) is 49.6 Å². The number of rotatable bonds is 6. The van der Waals surface area contributed by atoms with Crippen LogP contribution in [0, 0.1) is 5.92 Å². The number of ether oxygens (including phenoxy) is 1. The largest absolute Gasteiger partial charge is 0.491 e. The summed E-state index contributed by atoms with van der Waals surface area (Å²) in [7, 11) is 0. The Bertz CT molecular complexity index is 1170. The van der Waals surface area contributed by atoms with E-state index < -0.39 is 23.9 Å². The number of fused-ring (bicyclic) bond motifs is 2. The molecule has 3 heterocycles. The number of amides is 4. The first kappa shape index (κ1) is 28.0. The molecule has 11 heteroatoms. The predicted octanol–water partition coefficient (Wildman–Crippen LogP) is 1.24. The number of para-hydroxylation sites is 1. The summed E-state index contributed by atoms with van der Waals surface area (Å²) in [6.07, 6.45) is 6.81. The van der Waals surface area contributed by atoms with Crippen molar-refractivity contribution in [3.8, 4) is 5.75 Å². The maximum absolute atomic E-state index is 13.4. The zero-order valence-corrected chi connectivity index (χ0v) is 22.4. The Labute approximate surface area is 228 Å². The van der Waals surface area contributed by atoms with Crippen LogP contribution in [-0.4, -0.2) is 76.3 Å². The van der Waals surface area contributed by atoms with Crippen molar-refractivity contribution in [2.75, 3.05) is 19.7 Å². The molecule has 3 atom stereocenters. The first-order chi connectivity index (χ1) is 18.8. The normalized spacial score (nSPS) is 22.2. The Hall–Kier alpha value is -4.02. The Kier molecular flexibility index (Phi) is 9.45. The molecular formula is C28H36N6O5. The van der Waals surface area contributed by atoms with Crippen molar-refractivity contribution in [3.63, 3.8) is 0 Å². The van der Waals surface area contributed by atoms with Crippen LogP contribution in [0.1, 0.15) is 55.6 Å². The van der Waals surface area contributed by atoms with Gasteiger partial charge in [-0.2, -0.15) is 0 Å². The van der Waals surface area contributed by atoms with E-state index in [4.69, 9.17) is 4.74 Å². The van der Waals surface area contributed by atoms with Gasteiger partial charge in [-0.05, 0) is 37.3 Å². The van der Waals surface area contributed by atoms with Crippen molar-refractivity contribution >= 4 is 23.6 Å². The van der Waals surface area contributed by atoms with Crippen LogP contribution in [0.25, 0.3) is 0 Å². The van der Waals surface area contributed by atoms with Gasteiger partial charge in [0.15, 0.2) is 0 Å². The summed E-state index contributed by atoms with van der Waals surface area (Å²) in [6.45, 7) is 4.95. The lowest BCUT2D eigenvalue weighted by atomic mass is 10.0. The summed E-state index contributed by atoms with van der Waals surface area (Å²) in [6, 6.07) is 4.68. The number of hydrogen-bond acceptors (Lipinski definition) is 7. The number of aromatic nitrogens is 2. The fraction of sp³-hybridized carbons (Fsp3) is 0.500. The number of carbonyl (C=O) groups excluding carboxylic acids is 4. The second kappa shape index (κ2) is 13.2. The zero-order chi connectivity index (χ0) is 27.8. The quantitative estimate of drug-likeness (QED) is 0.504. The van der Waals surface area contributed by atoms with Crippen molar-refractivity contribution in [3.05, 3.63) is 54.1 Å². The van der Waals surface area contributed by atoms with Gasteiger partial charge >= 0.3 is 0 Å². The summed E-state index contributed by atoms with van der Waals surface area (Å²) < 4.78 is 6.04. The van der Waals surface area contributed by atoms with Crippen molar-refractivity contribution < 1.29 is 23.9 Å². The third-order valence-corrected chi connectivity index (χ3v) is 6.85. The van der Waals surface area contributed by atoms with Gasteiger partial charge in [-0.3, -0.25) is 29.1 Å². The van der Waals surface area contributed by atoms with Crippen LogP contribution >= 0.6 is 0 Å². The van der Waals surface area contributed by atoms with E-state index in [2.05, 4.69) is 39.8 Å². The molecule has 0 saturated carbocycles. The van der Waals surface area contributed by atoms with Crippen molar-refractivity contribution in [1.29, 1.82) is 0 Å². The smallest absolute Gasteiger partial charge is 0.255 e. The lowest BCUT2D eigenvalue weighted by Gasteiger charge is -2.29. The van der Waals surface area contributed by atoms with Gasteiger partial charge in [0.25, 0.3) is 5.91 Å². The SMILES string of the molecule is CC(C)C[C@@H]1COc2ccccc2C(=O)N[C@H](C(=O)NCCc2cnccn2)CC(=O)N2CCC[C@H]2C(=O)N1. The van der Waals surface area contributed by atoms with Crippen LogP contribution in [0.15, 0.2) is 42.9 Å². The summed E-state index contributed by atoms with van der Waals surface area (Å²) in [4.78, 5) is 62.9. The molecule has 0 unspecified atom stereocenters.